The Kier molecular flexibility index (Phi) is 2.57. The summed E-state index contributed by atoms with van der Waals surface area (Å²) >= 11 is 0. The number of carbonyl (C=O) groups is 2. The molecule has 1 spiro atoms. The van der Waals surface area contributed by atoms with Gasteiger partial charge in [-0.25, -0.2) is 13.5 Å². The van der Waals surface area contributed by atoms with Gasteiger partial charge in [0.15, 0.2) is 5.69 Å². The Bertz CT molecular complexity index is 580. The number of nitrogens with one attached hydrogen (secondary N) is 1. The Balaban J connectivity index is 1.53. The van der Waals surface area contributed by atoms with Crippen molar-refractivity contribution >= 4 is 11.9 Å². The van der Waals surface area contributed by atoms with Crippen molar-refractivity contribution in [3.8, 4) is 0 Å². The number of amides is 1. The largest absolute Gasteiger partial charge is 0.480 e. The van der Waals surface area contributed by atoms with Crippen LogP contribution in [0.2, 0.25) is 0 Å². The van der Waals surface area contributed by atoms with E-state index in [-0.39, 0.29) is 37.5 Å². The van der Waals surface area contributed by atoms with E-state index < -0.39 is 23.2 Å². The van der Waals surface area contributed by atoms with Gasteiger partial charge < -0.3 is 10.4 Å². The van der Waals surface area contributed by atoms with Crippen LogP contribution in [0.5, 0.6) is 0 Å². The van der Waals surface area contributed by atoms with E-state index in [2.05, 4.69) is 15.6 Å². The van der Waals surface area contributed by atoms with Crippen molar-refractivity contribution < 1.29 is 23.5 Å². The fourth-order valence-corrected chi connectivity index (χ4v) is 2.69. The zero-order chi connectivity index (χ0) is 14.5. The van der Waals surface area contributed by atoms with Gasteiger partial charge in [0, 0.05) is 17.9 Å². The van der Waals surface area contributed by atoms with E-state index in [9.17, 15) is 18.4 Å². The number of hydrogen-bond donors (Lipinski definition) is 2. The van der Waals surface area contributed by atoms with Gasteiger partial charge in [0.1, 0.15) is 6.54 Å². The van der Waals surface area contributed by atoms with Crippen molar-refractivity contribution in [3.05, 3.63) is 11.9 Å². The van der Waals surface area contributed by atoms with Crippen molar-refractivity contribution in [2.24, 2.45) is 5.41 Å². The van der Waals surface area contributed by atoms with Gasteiger partial charge in [0.05, 0.1) is 6.20 Å². The fourth-order valence-electron chi connectivity index (χ4n) is 2.69. The van der Waals surface area contributed by atoms with Gasteiger partial charge in [-0.2, -0.15) is 0 Å². The summed E-state index contributed by atoms with van der Waals surface area (Å²) in [6.07, 6.45) is 1.66. The van der Waals surface area contributed by atoms with E-state index in [0.717, 1.165) is 4.68 Å². The average molecular weight is 286 g/mol. The van der Waals surface area contributed by atoms with Gasteiger partial charge in [-0.3, -0.25) is 9.59 Å². The van der Waals surface area contributed by atoms with Crippen LogP contribution >= 0.6 is 0 Å². The van der Waals surface area contributed by atoms with Crippen LogP contribution in [0.1, 0.15) is 29.8 Å². The molecule has 1 aromatic rings. The Labute approximate surface area is 111 Å². The van der Waals surface area contributed by atoms with Crippen molar-refractivity contribution in [3.63, 3.8) is 0 Å². The van der Waals surface area contributed by atoms with Crippen molar-refractivity contribution in [2.45, 2.75) is 37.8 Å². The number of nitrogens with zero attached hydrogens (tertiary/aromatic N) is 3. The lowest BCUT2D eigenvalue weighted by Crippen LogP contribution is -2.47. The van der Waals surface area contributed by atoms with Crippen molar-refractivity contribution in [1.82, 2.24) is 20.3 Å². The number of halogens is 2. The number of alkyl halides is 2. The maximum Gasteiger partial charge on any atom is 0.325 e. The predicted octanol–water partition coefficient (Wildman–Crippen LogP) is 0.280. The molecule has 0 radical (unpaired) electrons. The first-order valence-corrected chi connectivity index (χ1v) is 6.12. The SMILES string of the molecule is O=C(O)Cn1cc(C(=O)NC2CC3(C2)CC3(F)F)nn1. The molecule has 0 unspecified atom stereocenters. The minimum Gasteiger partial charge on any atom is -0.480 e. The second kappa shape index (κ2) is 3.97. The summed E-state index contributed by atoms with van der Waals surface area (Å²) in [5, 5.41) is 18.2. The summed E-state index contributed by atoms with van der Waals surface area (Å²) in [5.74, 6) is -4.21. The molecule has 20 heavy (non-hydrogen) atoms. The van der Waals surface area contributed by atoms with Gasteiger partial charge in [-0.05, 0) is 12.8 Å². The molecule has 7 nitrogen and oxygen atoms in total. The van der Waals surface area contributed by atoms with Gasteiger partial charge in [-0.1, -0.05) is 5.21 Å². The minimum absolute atomic E-state index is 0.0187. The summed E-state index contributed by atoms with van der Waals surface area (Å²) < 4.78 is 27.0. The highest BCUT2D eigenvalue weighted by atomic mass is 19.3. The van der Waals surface area contributed by atoms with E-state index in [1.165, 1.54) is 6.20 Å². The topological polar surface area (TPSA) is 97.1 Å². The predicted molar refractivity (Wildman–Crippen MR) is 60.1 cm³/mol. The maximum atomic E-state index is 13.0. The summed E-state index contributed by atoms with van der Waals surface area (Å²) in [6, 6.07) is -0.277. The summed E-state index contributed by atoms with van der Waals surface area (Å²) in [4.78, 5) is 22.2. The molecular formula is C11H12F2N4O3. The van der Waals surface area contributed by atoms with Gasteiger partial charge >= 0.3 is 5.97 Å². The summed E-state index contributed by atoms with van der Waals surface area (Å²) in [6.45, 7) is -0.390. The van der Waals surface area contributed by atoms with Gasteiger partial charge in [0.2, 0.25) is 0 Å². The molecule has 2 fully saturated rings. The maximum absolute atomic E-state index is 13.0. The Hall–Kier alpha value is -2.06. The molecule has 0 bridgehead atoms. The highest BCUT2D eigenvalue weighted by molar-refractivity contribution is 5.92. The van der Waals surface area contributed by atoms with Crippen molar-refractivity contribution in [2.75, 3.05) is 0 Å². The van der Waals surface area contributed by atoms with E-state index in [1.807, 2.05) is 0 Å². The van der Waals surface area contributed by atoms with E-state index >= 15 is 0 Å². The standard InChI is InChI=1S/C11H12F2N4O3/c12-11(13)5-10(11)1-6(2-10)14-9(20)7-3-17(16-15-7)4-8(18)19/h3,6H,1-2,4-5H2,(H,14,20)(H,18,19). The first-order chi connectivity index (χ1) is 9.31. The molecule has 1 aromatic heterocycles. The van der Waals surface area contributed by atoms with E-state index in [4.69, 9.17) is 5.11 Å². The molecule has 0 aromatic carbocycles. The lowest BCUT2D eigenvalue weighted by Gasteiger charge is -2.36. The van der Waals surface area contributed by atoms with E-state index in [1.54, 1.807) is 0 Å². The molecule has 2 aliphatic carbocycles. The Morgan fingerprint density at radius 1 is 1.50 bits per heavy atom. The second-order valence-electron chi connectivity index (χ2n) is 5.44. The number of carboxylic acids is 1. The molecule has 3 rings (SSSR count). The van der Waals surface area contributed by atoms with Crippen LogP contribution in [0.3, 0.4) is 0 Å². The van der Waals surface area contributed by atoms with Gasteiger partial charge in [-0.15, -0.1) is 5.10 Å². The molecule has 9 heteroatoms. The van der Waals surface area contributed by atoms with Crippen LogP contribution < -0.4 is 5.32 Å². The highest BCUT2D eigenvalue weighted by Crippen LogP contribution is 2.70. The number of hydrogen-bond acceptors (Lipinski definition) is 4. The molecule has 0 saturated heterocycles. The second-order valence-corrected chi connectivity index (χ2v) is 5.44. The fraction of sp³-hybridized carbons (Fsp3) is 0.636. The van der Waals surface area contributed by atoms with Crippen LogP contribution in [0.15, 0.2) is 6.20 Å². The number of rotatable bonds is 4. The lowest BCUT2D eigenvalue weighted by molar-refractivity contribution is -0.137. The normalized spacial score (nSPS) is 29.8. The molecule has 2 aliphatic rings. The number of carbonyl (C=O) groups excluding carboxylic acids is 1. The molecule has 0 aliphatic heterocycles. The van der Waals surface area contributed by atoms with Crippen LogP contribution in [-0.2, 0) is 11.3 Å². The molecule has 108 valence electrons. The van der Waals surface area contributed by atoms with Crippen LogP contribution in [0, 0.1) is 5.41 Å². The van der Waals surface area contributed by atoms with Crippen molar-refractivity contribution in [1.29, 1.82) is 0 Å². The first kappa shape index (κ1) is 12.9. The van der Waals surface area contributed by atoms with Crippen LogP contribution in [0.4, 0.5) is 8.78 Å². The molecule has 1 amide bonds. The number of aromatic nitrogens is 3. The minimum atomic E-state index is -2.58. The van der Waals surface area contributed by atoms with Crippen LogP contribution in [0.25, 0.3) is 0 Å². The summed E-state index contributed by atoms with van der Waals surface area (Å²) in [5.41, 5.74) is -0.916. The third-order valence-electron chi connectivity index (χ3n) is 3.89. The monoisotopic (exact) mass is 286 g/mol. The smallest absolute Gasteiger partial charge is 0.325 e. The molecular weight excluding hydrogens is 274 g/mol. The zero-order valence-electron chi connectivity index (χ0n) is 10.3. The number of aliphatic carboxylic acids is 1. The number of carboxylic acid groups (broad SMARTS) is 1. The van der Waals surface area contributed by atoms with Gasteiger partial charge in [0.25, 0.3) is 11.8 Å². The molecule has 2 saturated carbocycles. The first-order valence-electron chi connectivity index (χ1n) is 6.12. The third kappa shape index (κ3) is 2.02. The average Bonchev–Trinajstić information content (AvgIpc) is 2.69. The highest BCUT2D eigenvalue weighted by Gasteiger charge is 2.75. The quantitative estimate of drug-likeness (QED) is 0.828. The molecule has 0 atom stereocenters. The van der Waals surface area contributed by atoms with E-state index in [0.29, 0.717) is 0 Å². The zero-order valence-corrected chi connectivity index (χ0v) is 10.3. The van der Waals surface area contributed by atoms with Crippen LogP contribution in [-0.4, -0.2) is 43.9 Å². The summed E-state index contributed by atoms with van der Waals surface area (Å²) in [7, 11) is 0. The molecule has 1 heterocycles. The third-order valence-corrected chi connectivity index (χ3v) is 3.89. The lowest BCUT2D eigenvalue weighted by atomic mass is 9.76. The Morgan fingerprint density at radius 2 is 2.15 bits per heavy atom. The Morgan fingerprint density at radius 3 is 2.70 bits per heavy atom. The molecule has 2 N–H and O–H groups in total.